The highest BCUT2D eigenvalue weighted by Crippen LogP contribution is 2.39. The van der Waals surface area contributed by atoms with E-state index in [0.717, 1.165) is 29.2 Å². The number of aryl methyl sites for hydroxylation is 1. The minimum atomic E-state index is -1.65. The van der Waals surface area contributed by atoms with E-state index < -0.39 is 31.0 Å². The Kier molecular flexibility index (Phi) is 18.0. The third-order valence-corrected chi connectivity index (χ3v) is 9.56. The molecule has 3 unspecified atom stereocenters. The Morgan fingerprint density at radius 2 is 1.75 bits per heavy atom. The van der Waals surface area contributed by atoms with Crippen molar-refractivity contribution < 1.29 is 44.6 Å². The van der Waals surface area contributed by atoms with Gasteiger partial charge in [0.2, 0.25) is 5.91 Å². The number of ether oxygens (including phenoxy) is 2. The van der Waals surface area contributed by atoms with Crippen LogP contribution in [-0.2, 0) is 31.9 Å². The summed E-state index contributed by atoms with van der Waals surface area (Å²) < 4.78 is 10.9. The third kappa shape index (κ3) is 14.6. The fourth-order valence-corrected chi connectivity index (χ4v) is 7.23. The fraction of sp³-hybridized carbons (Fsp3) is 0.714. The van der Waals surface area contributed by atoms with Crippen LogP contribution in [-0.4, -0.2) is 112 Å². The van der Waals surface area contributed by atoms with Crippen molar-refractivity contribution in [2.24, 2.45) is 0 Å². The van der Waals surface area contributed by atoms with E-state index in [1.165, 1.54) is 18.6 Å². The van der Waals surface area contributed by atoms with Crippen LogP contribution >= 0.6 is 21.6 Å². The molecule has 40 heavy (non-hydrogen) atoms. The molecule has 1 saturated heterocycles. The number of Topliss-reactive ketones (excluding diaryl/α,β-unsaturated/α-hetero) is 1. The minimum absolute atomic E-state index is 0.0433. The van der Waals surface area contributed by atoms with Crippen LogP contribution < -0.4 is 5.32 Å². The van der Waals surface area contributed by atoms with Crippen LogP contribution in [0.2, 0.25) is 0 Å². The van der Waals surface area contributed by atoms with E-state index in [-0.39, 0.29) is 37.7 Å². The standard InChI is InChI=1S/C28H45NO9S2/c30-18-25(33)28(36)27(35)24(32)9-8-20-4-3-5-21(16-20)17-22(31)19-38-14-13-37-12-11-29-26(34)7-2-1-6-23-10-15-39-40-23/h3-5,16,23-25,27-28,30,32-33,35-36H,1-2,6-15,17-19H2,(H,29,34)/t23?,24?,25?,27-,28+/m0/s1. The SMILES string of the molecule is O=C(COCCOCCNC(=O)CCCCC1CCSS1)Cc1cccc(CCC(O)[C@H](O)[C@H](O)C(O)CO)c1. The van der Waals surface area contributed by atoms with Gasteiger partial charge in [-0.3, -0.25) is 9.59 Å². The van der Waals surface area contributed by atoms with Gasteiger partial charge in [0, 0.05) is 30.4 Å². The van der Waals surface area contributed by atoms with E-state index in [0.29, 0.717) is 32.6 Å². The third-order valence-electron chi connectivity index (χ3n) is 6.56. The molecule has 2 rings (SSSR count). The predicted molar refractivity (Wildman–Crippen MR) is 156 cm³/mol. The number of unbranched alkanes of at least 4 members (excludes halogenated alkanes) is 1. The monoisotopic (exact) mass is 603 g/mol. The molecule has 0 bridgehead atoms. The molecule has 0 radical (unpaired) electrons. The van der Waals surface area contributed by atoms with E-state index >= 15 is 0 Å². The van der Waals surface area contributed by atoms with Crippen LogP contribution in [0.15, 0.2) is 24.3 Å². The molecule has 1 fully saturated rings. The summed E-state index contributed by atoms with van der Waals surface area (Å²) in [4.78, 5) is 24.2. The molecule has 1 aliphatic heterocycles. The molecule has 1 aliphatic rings. The van der Waals surface area contributed by atoms with E-state index in [1.807, 2.05) is 39.8 Å². The lowest BCUT2D eigenvalue weighted by Crippen LogP contribution is -2.45. The highest BCUT2D eigenvalue weighted by molar-refractivity contribution is 8.77. The maximum atomic E-state index is 12.3. The van der Waals surface area contributed by atoms with E-state index in [9.17, 15) is 30.0 Å². The maximum Gasteiger partial charge on any atom is 0.220 e. The van der Waals surface area contributed by atoms with Crippen molar-refractivity contribution in [3.05, 3.63) is 35.4 Å². The van der Waals surface area contributed by atoms with Gasteiger partial charge in [-0.2, -0.15) is 0 Å². The summed E-state index contributed by atoms with van der Waals surface area (Å²) in [6.45, 7) is 0.667. The number of aliphatic hydroxyl groups excluding tert-OH is 5. The fourth-order valence-electron chi connectivity index (χ4n) is 4.20. The first-order valence-corrected chi connectivity index (χ1v) is 16.3. The highest BCUT2D eigenvalue weighted by Gasteiger charge is 2.29. The molecule has 1 aromatic carbocycles. The first-order chi connectivity index (χ1) is 19.3. The zero-order valence-electron chi connectivity index (χ0n) is 23.0. The maximum absolute atomic E-state index is 12.3. The lowest BCUT2D eigenvalue weighted by Gasteiger charge is -2.25. The summed E-state index contributed by atoms with van der Waals surface area (Å²) in [7, 11) is 3.92. The molecular formula is C28H45NO9S2. The molecule has 0 saturated carbocycles. The van der Waals surface area contributed by atoms with Crippen molar-refractivity contribution in [3.63, 3.8) is 0 Å². The van der Waals surface area contributed by atoms with Crippen molar-refractivity contribution in [3.8, 4) is 0 Å². The van der Waals surface area contributed by atoms with Crippen LogP contribution in [0.25, 0.3) is 0 Å². The van der Waals surface area contributed by atoms with Crippen LogP contribution in [0.3, 0.4) is 0 Å². The molecule has 0 spiro atoms. The Labute approximate surface area is 244 Å². The molecule has 5 atom stereocenters. The van der Waals surface area contributed by atoms with E-state index in [4.69, 9.17) is 14.6 Å². The van der Waals surface area contributed by atoms with E-state index in [2.05, 4.69) is 5.32 Å². The van der Waals surface area contributed by atoms with Crippen molar-refractivity contribution in [2.45, 2.75) is 81.0 Å². The molecule has 6 N–H and O–H groups in total. The molecule has 0 aliphatic carbocycles. The van der Waals surface area contributed by atoms with Crippen LogP contribution in [0.1, 0.15) is 49.7 Å². The van der Waals surface area contributed by atoms with Gasteiger partial charge < -0.3 is 40.3 Å². The minimum Gasteiger partial charge on any atom is -0.394 e. The molecule has 1 aromatic rings. The summed E-state index contributed by atoms with van der Waals surface area (Å²) in [5.41, 5.74) is 1.64. The molecular weight excluding hydrogens is 558 g/mol. The van der Waals surface area contributed by atoms with Gasteiger partial charge in [-0.1, -0.05) is 52.3 Å². The number of aliphatic hydroxyl groups is 5. The molecule has 1 amide bonds. The number of ketones is 1. The zero-order valence-corrected chi connectivity index (χ0v) is 24.6. The average molecular weight is 604 g/mol. The van der Waals surface area contributed by atoms with Gasteiger partial charge in [-0.15, -0.1) is 0 Å². The number of benzene rings is 1. The average Bonchev–Trinajstić information content (AvgIpc) is 3.48. The van der Waals surface area contributed by atoms with Crippen molar-refractivity contribution >= 4 is 33.3 Å². The van der Waals surface area contributed by atoms with Gasteiger partial charge in [0.05, 0.1) is 32.5 Å². The topological polar surface area (TPSA) is 166 Å². The van der Waals surface area contributed by atoms with Crippen molar-refractivity contribution in [1.29, 1.82) is 0 Å². The number of hydrogen-bond acceptors (Lipinski definition) is 11. The lowest BCUT2D eigenvalue weighted by molar-refractivity contribution is -0.124. The van der Waals surface area contributed by atoms with Crippen molar-refractivity contribution in [2.75, 3.05) is 45.3 Å². The van der Waals surface area contributed by atoms with Gasteiger partial charge >= 0.3 is 0 Å². The zero-order chi connectivity index (χ0) is 29.2. The van der Waals surface area contributed by atoms with Gasteiger partial charge in [0.25, 0.3) is 0 Å². The van der Waals surface area contributed by atoms with Crippen LogP contribution in [0.5, 0.6) is 0 Å². The smallest absolute Gasteiger partial charge is 0.220 e. The summed E-state index contributed by atoms with van der Waals surface area (Å²) in [5, 5.41) is 51.6. The Balaban J connectivity index is 1.50. The van der Waals surface area contributed by atoms with E-state index in [1.54, 1.807) is 6.07 Å². The second-order valence-electron chi connectivity index (χ2n) is 9.96. The number of hydrogen-bond donors (Lipinski definition) is 6. The quantitative estimate of drug-likeness (QED) is 0.0828. The Bertz CT molecular complexity index is 857. The first-order valence-electron chi connectivity index (χ1n) is 13.9. The number of amides is 1. The second kappa shape index (κ2) is 20.6. The van der Waals surface area contributed by atoms with Gasteiger partial charge in [0.15, 0.2) is 5.78 Å². The Morgan fingerprint density at radius 3 is 2.50 bits per heavy atom. The van der Waals surface area contributed by atoms with Crippen LogP contribution in [0, 0.1) is 0 Å². The van der Waals surface area contributed by atoms with Crippen molar-refractivity contribution in [1.82, 2.24) is 5.32 Å². The number of nitrogens with one attached hydrogen (secondary N) is 1. The Hall–Kier alpha value is -1.22. The highest BCUT2D eigenvalue weighted by atomic mass is 33.1. The van der Waals surface area contributed by atoms with Gasteiger partial charge in [0.1, 0.15) is 24.9 Å². The summed E-state index contributed by atoms with van der Waals surface area (Å²) in [6, 6.07) is 7.28. The Morgan fingerprint density at radius 1 is 1.00 bits per heavy atom. The number of carbonyl (C=O) groups is 2. The molecule has 1 heterocycles. The largest absolute Gasteiger partial charge is 0.394 e. The lowest BCUT2D eigenvalue weighted by atomic mass is 9.96. The molecule has 0 aromatic heterocycles. The predicted octanol–water partition coefficient (Wildman–Crippen LogP) is 1.03. The second-order valence-corrected chi connectivity index (χ2v) is 12.7. The molecule has 228 valence electrons. The number of rotatable bonds is 22. The van der Waals surface area contributed by atoms with Gasteiger partial charge in [-0.05, 0) is 43.2 Å². The number of carbonyl (C=O) groups excluding carboxylic acids is 2. The summed E-state index contributed by atoms with van der Waals surface area (Å²) >= 11 is 0. The normalized spacial score (nSPS) is 18.3. The molecule has 12 heteroatoms. The summed E-state index contributed by atoms with van der Waals surface area (Å²) in [6.07, 6.45) is -0.364. The van der Waals surface area contributed by atoms with Gasteiger partial charge in [-0.25, -0.2) is 0 Å². The first kappa shape index (κ1) is 35.0. The molecule has 10 nitrogen and oxygen atoms in total. The van der Waals surface area contributed by atoms with Crippen LogP contribution in [0.4, 0.5) is 0 Å². The summed E-state index contributed by atoms with van der Waals surface area (Å²) in [5.74, 6) is 1.20.